The minimum absolute atomic E-state index is 0.140. The molecule has 0 aliphatic heterocycles. The van der Waals surface area contributed by atoms with Crippen LogP contribution in [0.15, 0.2) is 48.5 Å². The normalized spacial score (nSPS) is 12.4. The maximum Gasteiger partial charge on any atom is 0.324 e. The van der Waals surface area contributed by atoms with Gasteiger partial charge in [-0.15, -0.1) is 0 Å². The lowest BCUT2D eigenvalue weighted by Crippen LogP contribution is -2.42. The predicted molar refractivity (Wildman–Crippen MR) is 104 cm³/mol. The van der Waals surface area contributed by atoms with Gasteiger partial charge in [0.15, 0.2) is 0 Å². The Morgan fingerprint density at radius 1 is 1.11 bits per heavy atom. The molecule has 6 nitrogen and oxygen atoms in total. The second kappa shape index (κ2) is 9.53. The van der Waals surface area contributed by atoms with Crippen molar-refractivity contribution in [3.63, 3.8) is 0 Å². The number of sulfonamides is 1. The maximum absolute atomic E-state index is 12.0. The third-order valence-electron chi connectivity index (χ3n) is 3.95. The predicted octanol–water partition coefficient (Wildman–Crippen LogP) is 2.31. The van der Waals surface area contributed by atoms with Crippen molar-refractivity contribution in [3.8, 4) is 5.75 Å². The molecule has 0 fully saturated rings. The zero-order chi connectivity index (χ0) is 19.9. The highest BCUT2D eigenvalue weighted by atomic mass is 32.2. The van der Waals surface area contributed by atoms with Crippen LogP contribution in [-0.4, -0.2) is 40.4 Å². The van der Waals surface area contributed by atoms with Gasteiger partial charge >= 0.3 is 5.97 Å². The third kappa shape index (κ3) is 6.69. The number of rotatable bonds is 9. The van der Waals surface area contributed by atoms with Crippen LogP contribution in [0.2, 0.25) is 0 Å². The fraction of sp³-hybridized carbons (Fsp3) is 0.350. The van der Waals surface area contributed by atoms with Crippen LogP contribution in [0.5, 0.6) is 5.75 Å². The van der Waals surface area contributed by atoms with E-state index in [2.05, 4.69) is 16.9 Å². The van der Waals surface area contributed by atoms with E-state index in [0.717, 1.165) is 23.8 Å². The topological polar surface area (TPSA) is 81.7 Å². The molecular formula is C20H25NO5S. The summed E-state index contributed by atoms with van der Waals surface area (Å²) in [5, 5.41) is 0. The van der Waals surface area contributed by atoms with Crippen LogP contribution in [0.4, 0.5) is 0 Å². The average Bonchev–Trinajstić information content (AvgIpc) is 2.62. The number of hydrogen-bond acceptors (Lipinski definition) is 5. The largest absolute Gasteiger partial charge is 0.494 e. The number of carbonyl (C=O) groups excluding carboxylic acids is 1. The molecule has 0 saturated carbocycles. The van der Waals surface area contributed by atoms with Gasteiger partial charge in [-0.1, -0.05) is 42.5 Å². The van der Waals surface area contributed by atoms with Crippen molar-refractivity contribution < 1.29 is 22.7 Å². The average molecular weight is 391 g/mol. The molecular weight excluding hydrogens is 366 g/mol. The number of nitrogens with one attached hydrogen (secondary N) is 1. The molecule has 2 rings (SSSR count). The Morgan fingerprint density at radius 3 is 2.41 bits per heavy atom. The van der Waals surface area contributed by atoms with E-state index in [1.165, 1.54) is 12.7 Å². The molecule has 0 heterocycles. The van der Waals surface area contributed by atoms with E-state index in [0.29, 0.717) is 12.4 Å². The van der Waals surface area contributed by atoms with Gasteiger partial charge in [0.25, 0.3) is 0 Å². The number of ether oxygens (including phenoxy) is 2. The molecule has 7 heteroatoms. The summed E-state index contributed by atoms with van der Waals surface area (Å²) in [5.74, 6) is -0.00799. The van der Waals surface area contributed by atoms with Crippen LogP contribution in [-0.2, 0) is 32.4 Å². The molecule has 2 aromatic rings. The van der Waals surface area contributed by atoms with Gasteiger partial charge in [-0.05, 0) is 36.1 Å². The fourth-order valence-electron chi connectivity index (χ4n) is 2.79. The van der Waals surface area contributed by atoms with Crippen LogP contribution < -0.4 is 9.46 Å². The standard InChI is InChI=1S/C20H25NO5S/c1-4-26-19-13-16(12-15-8-6-5-7-9-15)10-11-17(19)14-18(20(22)25-2)21-27(3,23)24/h5-11,13,18,21H,4,12,14H2,1-3H3/t18-/m0/s1. The zero-order valence-corrected chi connectivity index (χ0v) is 16.6. The van der Waals surface area contributed by atoms with Gasteiger partial charge in [0, 0.05) is 6.42 Å². The smallest absolute Gasteiger partial charge is 0.324 e. The highest BCUT2D eigenvalue weighted by Crippen LogP contribution is 2.24. The van der Waals surface area contributed by atoms with Crippen molar-refractivity contribution >= 4 is 16.0 Å². The van der Waals surface area contributed by atoms with Crippen molar-refractivity contribution in [1.82, 2.24) is 4.72 Å². The van der Waals surface area contributed by atoms with Gasteiger partial charge in [-0.25, -0.2) is 13.1 Å². The van der Waals surface area contributed by atoms with E-state index >= 15 is 0 Å². The van der Waals surface area contributed by atoms with E-state index in [1.54, 1.807) is 0 Å². The first kappa shape index (κ1) is 20.9. The summed E-state index contributed by atoms with van der Waals surface area (Å²) < 4.78 is 35.9. The van der Waals surface area contributed by atoms with Crippen LogP contribution in [0.25, 0.3) is 0 Å². The molecule has 2 aromatic carbocycles. The highest BCUT2D eigenvalue weighted by Gasteiger charge is 2.24. The van der Waals surface area contributed by atoms with E-state index in [4.69, 9.17) is 9.47 Å². The molecule has 1 atom stereocenters. The van der Waals surface area contributed by atoms with E-state index in [-0.39, 0.29) is 6.42 Å². The number of hydrogen-bond donors (Lipinski definition) is 1. The fourth-order valence-corrected chi connectivity index (χ4v) is 3.49. The SMILES string of the molecule is CCOc1cc(Cc2ccccc2)ccc1C[C@H](NS(C)(=O)=O)C(=O)OC. The lowest BCUT2D eigenvalue weighted by Gasteiger charge is -2.18. The molecule has 27 heavy (non-hydrogen) atoms. The Morgan fingerprint density at radius 2 is 1.81 bits per heavy atom. The van der Waals surface area contributed by atoms with Crippen molar-refractivity contribution in [2.24, 2.45) is 0 Å². The molecule has 146 valence electrons. The van der Waals surface area contributed by atoms with Gasteiger partial charge in [0.2, 0.25) is 10.0 Å². The molecule has 0 unspecified atom stereocenters. The van der Waals surface area contributed by atoms with Crippen molar-refractivity contribution in [2.45, 2.75) is 25.8 Å². The van der Waals surface area contributed by atoms with E-state index in [1.807, 2.05) is 43.3 Å². The first-order chi connectivity index (χ1) is 12.8. The highest BCUT2D eigenvalue weighted by molar-refractivity contribution is 7.88. The Balaban J connectivity index is 2.27. The summed E-state index contributed by atoms with van der Waals surface area (Å²) in [7, 11) is -2.34. The van der Waals surface area contributed by atoms with Gasteiger partial charge in [-0.2, -0.15) is 0 Å². The Bertz CT molecular complexity index is 865. The summed E-state index contributed by atoms with van der Waals surface area (Å²) in [6.45, 7) is 2.34. The van der Waals surface area contributed by atoms with Crippen LogP contribution >= 0.6 is 0 Å². The first-order valence-corrected chi connectivity index (χ1v) is 10.5. The molecule has 0 aromatic heterocycles. The quantitative estimate of drug-likeness (QED) is 0.664. The second-order valence-electron chi connectivity index (χ2n) is 6.21. The molecule has 0 bridgehead atoms. The first-order valence-electron chi connectivity index (χ1n) is 8.66. The van der Waals surface area contributed by atoms with Crippen LogP contribution in [0.1, 0.15) is 23.6 Å². The number of benzene rings is 2. The van der Waals surface area contributed by atoms with Crippen LogP contribution in [0, 0.1) is 0 Å². The number of esters is 1. The summed E-state index contributed by atoms with van der Waals surface area (Å²) >= 11 is 0. The summed E-state index contributed by atoms with van der Waals surface area (Å²) in [4.78, 5) is 12.0. The summed E-state index contributed by atoms with van der Waals surface area (Å²) in [6.07, 6.45) is 1.90. The number of methoxy groups -OCH3 is 1. The van der Waals surface area contributed by atoms with Gasteiger partial charge in [0.05, 0.1) is 20.0 Å². The molecule has 0 radical (unpaired) electrons. The number of carbonyl (C=O) groups is 1. The maximum atomic E-state index is 12.0. The van der Waals surface area contributed by atoms with Gasteiger partial charge in [-0.3, -0.25) is 4.79 Å². The molecule has 0 aliphatic rings. The molecule has 0 amide bonds. The van der Waals surface area contributed by atoms with Gasteiger partial charge < -0.3 is 9.47 Å². The lowest BCUT2D eigenvalue weighted by molar-refractivity contribution is -0.142. The minimum Gasteiger partial charge on any atom is -0.494 e. The van der Waals surface area contributed by atoms with Gasteiger partial charge in [0.1, 0.15) is 11.8 Å². The summed E-state index contributed by atoms with van der Waals surface area (Å²) in [5.41, 5.74) is 2.98. The van der Waals surface area contributed by atoms with Crippen molar-refractivity contribution in [2.75, 3.05) is 20.0 Å². The molecule has 0 aliphatic carbocycles. The minimum atomic E-state index is -3.56. The Hall–Kier alpha value is -2.38. The third-order valence-corrected chi connectivity index (χ3v) is 4.66. The molecule has 0 saturated heterocycles. The second-order valence-corrected chi connectivity index (χ2v) is 7.99. The van der Waals surface area contributed by atoms with E-state index < -0.39 is 22.0 Å². The van der Waals surface area contributed by atoms with Crippen LogP contribution in [0.3, 0.4) is 0 Å². The Kier molecular flexibility index (Phi) is 7.38. The van der Waals surface area contributed by atoms with Crippen molar-refractivity contribution in [1.29, 1.82) is 0 Å². The zero-order valence-electron chi connectivity index (χ0n) is 15.8. The summed E-state index contributed by atoms with van der Waals surface area (Å²) in [6, 6.07) is 14.8. The van der Waals surface area contributed by atoms with Crippen molar-refractivity contribution in [3.05, 3.63) is 65.2 Å². The molecule has 1 N–H and O–H groups in total. The molecule has 0 spiro atoms. The monoisotopic (exact) mass is 391 g/mol. The Labute approximate surface area is 160 Å². The van der Waals surface area contributed by atoms with E-state index in [9.17, 15) is 13.2 Å². The lowest BCUT2D eigenvalue weighted by atomic mass is 9.99.